The first-order chi connectivity index (χ1) is 11.6. The highest BCUT2D eigenvalue weighted by atomic mass is 32.2. The summed E-state index contributed by atoms with van der Waals surface area (Å²) in [7, 11) is 0. The van der Waals surface area contributed by atoms with Gasteiger partial charge in [0, 0.05) is 25.4 Å². The van der Waals surface area contributed by atoms with Crippen LogP contribution in [0.5, 0.6) is 0 Å². The predicted octanol–water partition coefficient (Wildman–Crippen LogP) is 3.79. The van der Waals surface area contributed by atoms with Crippen LogP contribution < -0.4 is 5.32 Å². The van der Waals surface area contributed by atoms with Crippen LogP contribution in [0.3, 0.4) is 0 Å². The minimum atomic E-state index is 0.0190. The van der Waals surface area contributed by atoms with Crippen molar-refractivity contribution in [2.45, 2.75) is 44.6 Å². The van der Waals surface area contributed by atoms with Gasteiger partial charge >= 0.3 is 0 Å². The Morgan fingerprint density at radius 1 is 1.33 bits per heavy atom. The van der Waals surface area contributed by atoms with Gasteiger partial charge in [-0.1, -0.05) is 51.1 Å². The highest BCUT2D eigenvalue weighted by molar-refractivity contribution is 7.99. The molecule has 3 nitrogen and oxygen atoms in total. The van der Waals surface area contributed by atoms with Crippen molar-refractivity contribution in [2.24, 2.45) is 11.8 Å². The van der Waals surface area contributed by atoms with Gasteiger partial charge in [-0.2, -0.15) is 0 Å². The quantitative estimate of drug-likeness (QED) is 0.776. The second-order valence-corrected chi connectivity index (χ2v) is 8.43. The van der Waals surface area contributed by atoms with Gasteiger partial charge in [-0.3, -0.25) is 4.79 Å². The van der Waals surface area contributed by atoms with Gasteiger partial charge in [0.05, 0.1) is 5.25 Å². The van der Waals surface area contributed by atoms with Crippen LogP contribution in [0, 0.1) is 11.8 Å². The Labute approximate surface area is 151 Å². The standard InChI is InChI=1S/C20H32N2OS/c1-16(2)19(24-15-18-9-5-4-6-10-18)20(23)21-11-13-22-12-7-8-17(3)14-22/h4-6,9-10,16-17,19H,7-8,11-15H2,1-3H3,(H,21,23). The molecule has 0 aromatic heterocycles. The number of piperidine rings is 1. The third kappa shape index (κ3) is 6.48. The van der Waals surface area contributed by atoms with E-state index in [2.05, 4.69) is 55.3 Å². The van der Waals surface area contributed by atoms with Gasteiger partial charge in [-0.05, 0) is 36.8 Å². The molecule has 1 aromatic carbocycles. The Kier molecular flexibility index (Phi) is 8.13. The maximum Gasteiger partial charge on any atom is 0.233 e. The summed E-state index contributed by atoms with van der Waals surface area (Å²) in [5.74, 6) is 2.21. The molecule has 24 heavy (non-hydrogen) atoms. The molecule has 1 N–H and O–H groups in total. The largest absolute Gasteiger partial charge is 0.354 e. The number of benzene rings is 1. The topological polar surface area (TPSA) is 32.3 Å². The van der Waals surface area contributed by atoms with Crippen LogP contribution in [0.2, 0.25) is 0 Å². The Balaban J connectivity index is 1.74. The normalized spacial score (nSPS) is 20.1. The molecule has 1 aliphatic rings. The first kappa shape index (κ1) is 19.3. The first-order valence-corrected chi connectivity index (χ1v) is 10.3. The number of hydrogen-bond acceptors (Lipinski definition) is 3. The molecular weight excluding hydrogens is 316 g/mol. The van der Waals surface area contributed by atoms with Crippen LogP contribution in [-0.2, 0) is 10.5 Å². The van der Waals surface area contributed by atoms with Gasteiger partial charge in [0.25, 0.3) is 0 Å². The van der Waals surface area contributed by atoms with Gasteiger partial charge in [-0.15, -0.1) is 11.8 Å². The summed E-state index contributed by atoms with van der Waals surface area (Å²) in [6.07, 6.45) is 2.63. The Morgan fingerprint density at radius 3 is 2.75 bits per heavy atom. The third-order valence-corrected chi connectivity index (χ3v) is 6.22. The monoisotopic (exact) mass is 348 g/mol. The van der Waals surface area contributed by atoms with E-state index in [1.165, 1.54) is 31.5 Å². The number of amides is 1. The highest BCUT2D eigenvalue weighted by Crippen LogP contribution is 2.24. The van der Waals surface area contributed by atoms with Crippen LogP contribution in [0.4, 0.5) is 0 Å². The molecule has 0 radical (unpaired) electrons. The Bertz CT molecular complexity index is 492. The van der Waals surface area contributed by atoms with Gasteiger partial charge in [0.15, 0.2) is 0 Å². The zero-order valence-corrected chi connectivity index (χ0v) is 16.1. The van der Waals surface area contributed by atoms with Crippen LogP contribution in [0.25, 0.3) is 0 Å². The fraction of sp³-hybridized carbons (Fsp3) is 0.650. The molecule has 1 heterocycles. The van der Waals surface area contributed by atoms with Crippen molar-refractivity contribution in [2.75, 3.05) is 26.2 Å². The van der Waals surface area contributed by atoms with Crippen molar-refractivity contribution < 1.29 is 4.79 Å². The summed E-state index contributed by atoms with van der Waals surface area (Å²) in [6.45, 7) is 10.7. The maximum absolute atomic E-state index is 12.6. The van der Waals surface area contributed by atoms with Crippen molar-refractivity contribution in [1.82, 2.24) is 10.2 Å². The van der Waals surface area contributed by atoms with E-state index in [-0.39, 0.29) is 11.2 Å². The van der Waals surface area contributed by atoms with Gasteiger partial charge < -0.3 is 10.2 Å². The van der Waals surface area contributed by atoms with E-state index in [0.29, 0.717) is 5.92 Å². The molecule has 4 heteroatoms. The summed E-state index contributed by atoms with van der Waals surface area (Å²) in [6, 6.07) is 10.4. The van der Waals surface area contributed by atoms with E-state index in [9.17, 15) is 4.79 Å². The van der Waals surface area contributed by atoms with E-state index in [0.717, 1.165) is 24.8 Å². The summed E-state index contributed by atoms with van der Waals surface area (Å²) in [5.41, 5.74) is 1.28. The Hall–Kier alpha value is -1.00. The number of nitrogens with one attached hydrogen (secondary N) is 1. The van der Waals surface area contributed by atoms with Crippen molar-refractivity contribution >= 4 is 17.7 Å². The van der Waals surface area contributed by atoms with Crippen molar-refractivity contribution in [3.63, 3.8) is 0 Å². The van der Waals surface area contributed by atoms with E-state index in [4.69, 9.17) is 0 Å². The van der Waals surface area contributed by atoms with E-state index < -0.39 is 0 Å². The second-order valence-electron chi connectivity index (χ2n) is 7.30. The molecular formula is C20H32N2OS. The highest BCUT2D eigenvalue weighted by Gasteiger charge is 2.23. The molecule has 1 amide bonds. The number of hydrogen-bond donors (Lipinski definition) is 1. The lowest BCUT2D eigenvalue weighted by atomic mass is 10.0. The summed E-state index contributed by atoms with van der Waals surface area (Å²) in [5, 5.41) is 3.18. The number of thioether (sulfide) groups is 1. The van der Waals surface area contributed by atoms with Crippen molar-refractivity contribution in [3.8, 4) is 0 Å². The number of rotatable bonds is 8. The zero-order valence-electron chi connectivity index (χ0n) is 15.3. The number of carbonyl (C=O) groups is 1. The van der Waals surface area contributed by atoms with Crippen molar-refractivity contribution in [3.05, 3.63) is 35.9 Å². The van der Waals surface area contributed by atoms with Crippen molar-refractivity contribution in [1.29, 1.82) is 0 Å². The molecule has 1 saturated heterocycles. The molecule has 2 atom stereocenters. The lowest BCUT2D eigenvalue weighted by molar-refractivity contribution is -0.121. The third-order valence-electron chi connectivity index (χ3n) is 4.60. The lowest BCUT2D eigenvalue weighted by Crippen LogP contribution is -2.43. The second kappa shape index (κ2) is 10.1. The predicted molar refractivity (Wildman–Crippen MR) is 104 cm³/mol. The zero-order chi connectivity index (χ0) is 17.4. The maximum atomic E-state index is 12.6. The number of carbonyl (C=O) groups excluding carboxylic acids is 1. The molecule has 1 fully saturated rings. The molecule has 1 aliphatic heterocycles. The van der Waals surface area contributed by atoms with Gasteiger partial charge in [-0.25, -0.2) is 0 Å². The van der Waals surface area contributed by atoms with Crippen LogP contribution in [0.1, 0.15) is 39.2 Å². The molecule has 2 rings (SSSR count). The minimum absolute atomic E-state index is 0.0190. The Morgan fingerprint density at radius 2 is 2.08 bits per heavy atom. The molecule has 2 unspecified atom stereocenters. The van der Waals surface area contributed by atoms with Crippen LogP contribution >= 0.6 is 11.8 Å². The smallest absolute Gasteiger partial charge is 0.233 e. The molecule has 1 aromatic rings. The number of likely N-dealkylation sites (tertiary alicyclic amines) is 1. The van der Waals surface area contributed by atoms with E-state index in [1.807, 2.05) is 6.07 Å². The fourth-order valence-electron chi connectivity index (χ4n) is 3.26. The van der Waals surface area contributed by atoms with Crippen LogP contribution in [0.15, 0.2) is 30.3 Å². The van der Waals surface area contributed by atoms with E-state index >= 15 is 0 Å². The fourth-order valence-corrected chi connectivity index (χ4v) is 4.44. The van der Waals surface area contributed by atoms with Crippen LogP contribution in [-0.4, -0.2) is 42.2 Å². The molecule has 0 spiro atoms. The van der Waals surface area contributed by atoms with Gasteiger partial charge in [0.1, 0.15) is 0 Å². The summed E-state index contributed by atoms with van der Waals surface area (Å²) >= 11 is 1.75. The minimum Gasteiger partial charge on any atom is -0.354 e. The van der Waals surface area contributed by atoms with E-state index in [1.54, 1.807) is 11.8 Å². The first-order valence-electron chi connectivity index (χ1n) is 9.22. The average molecular weight is 349 g/mol. The SMILES string of the molecule is CC1CCCN(CCNC(=O)C(SCc2ccccc2)C(C)C)C1. The average Bonchev–Trinajstić information content (AvgIpc) is 2.56. The number of nitrogens with zero attached hydrogens (tertiary/aromatic N) is 1. The lowest BCUT2D eigenvalue weighted by Gasteiger charge is -2.31. The summed E-state index contributed by atoms with van der Waals surface area (Å²) < 4.78 is 0. The molecule has 0 aliphatic carbocycles. The molecule has 134 valence electrons. The molecule has 0 bridgehead atoms. The van der Waals surface area contributed by atoms with Gasteiger partial charge in [0.2, 0.25) is 5.91 Å². The summed E-state index contributed by atoms with van der Waals surface area (Å²) in [4.78, 5) is 15.0. The molecule has 0 saturated carbocycles.